The molecule has 0 saturated heterocycles. The number of aromatic amines is 1. The number of hydrogen-bond donors (Lipinski definition) is 3. The molecule has 1 heterocycles. The van der Waals surface area contributed by atoms with E-state index in [2.05, 4.69) is 26.6 Å². The summed E-state index contributed by atoms with van der Waals surface area (Å²) in [4.78, 5) is 30.1. The van der Waals surface area contributed by atoms with Crippen LogP contribution >= 0.6 is 0 Å². The monoisotopic (exact) mass is 248 g/mol. The minimum atomic E-state index is -0.743. The number of rotatable bonds is 7. The van der Waals surface area contributed by atoms with Crippen molar-refractivity contribution in [3.8, 4) is 12.5 Å². The lowest BCUT2D eigenvalue weighted by molar-refractivity contribution is -0.138. The van der Waals surface area contributed by atoms with Crippen molar-refractivity contribution >= 4 is 11.7 Å². The highest BCUT2D eigenvalue weighted by Gasteiger charge is 2.24. The van der Waals surface area contributed by atoms with Crippen molar-refractivity contribution in [3.05, 3.63) is 18.2 Å². The van der Waals surface area contributed by atoms with Gasteiger partial charge in [0.25, 0.3) is 5.91 Å². The van der Waals surface area contributed by atoms with Crippen molar-refractivity contribution < 1.29 is 9.59 Å². The predicted octanol–water partition coefficient (Wildman–Crippen LogP) is -0.404. The highest BCUT2D eigenvalue weighted by atomic mass is 16.2. The van der Waals surface area contributed by atoms with Gasteiger partial charge in [-0.15, -0.1) is 0 Å². The van der Waals surface area contributed by atoms with Crippen LogP contribution in [0.5, 0.6) is 0 Å². The van der Waals surface area contributed by atoms with Gasteiger partial charge in [-0.3, -0.25) is 9.59 Å². The first kappa shape index (κ1) is 13.8. The number of ketones is 1. The summed E-state index contributed by atoms with van der Waals surface area (Å²) in [6.45, 7) is 2.38. The summed E-state index contributed by atoms with van der Waals surface area (Å²) in [6, 6.07) is 1.44. The van der Waals surface area contributed by atoms with Gasteiger partial charge in [-0.05, 0) is 6.42 Å². The van der Waals surface area contributed by atoms with Gasteiger partial charge in [0.05, 0.1) is 6.33 Å². The smallest absolute Gasteiger partial charge is 0.289 e. The van der Waals surface area contributed by atoms with Gasteiger partial charge in [0.1, 0.15) is 6.04 Å². The maximum absolute atomic E-state index is 11.9. The Kier molecular flexibility index (Phi) is 5.45. The zero-order chi connectivity index (χ0) is 13.4. The molecular weight excluding hydrogens is 232 g/mol. The summed E-state index contributed by atoms with van der Waals surface area (Å²) in [7, 11) is 0. The number of H-pyrrole nitrogens is 1. The number of nitrogens with one attached hydrogen (secondary N) is 3. The van der Waals surface area contributed by atoms with Crippen LogP contribution in [-0.2, 0) is 16.0 Å². The molecule has 1 rings (SSSR count). The average molecular weight is 248 g/mol. The average Bonchev–Trinajstić information content (AvgIpc) is 2.87. The van der Waals surface area contributed by atoms with Gasteiger partial charge in [-0.25, -0.2) is 4.98 Å². The fraction of sp³-hybridized carbons (Fsp3) is 0.417. The third-order valence-electron chi connectivity index (χ3n) is 2.31. The standard InChI is InChI=1S/C12H16N4O2/c1-3-5-15-12(18)11(17)10(14-4-2)6-9-7-13-8-16-9/h2,7-8,10,14H,3,5-6H2,1H3,(H,13,16)(H,15,18). The summed E-state index contributed by atoms with van der Waals surface area (Å²) in [5, 5.41) is 5.08. The summed E-state index contributed by atoms with van der Waals surface area (Å²) >= 11 is 0. The quantitative estimate of drug-likeness (QED) is 0.348. The van der Waals surface area contributed by atoms with Crippen molar-refractivity contribution in [1.82, 2.24) is 20.6 Å². The van der Waals surface area contributed by atoms with Crippen LogP contribution in [0.25, 0.3) is 0 Å². The van der Waals surface area contributed by atoms with Gasteiger partial charge in [0.2, 0.25) is 5.78 Å². The molecule has 6 nitrogen and oxygen atoms in total. The molecule has 0 aliphatic carbocycles. The van der Waals surface area contributed by atoms with E-state index < -0.39 is 17.7 Å². The minimum Gasteiger partial charge on any atom is -0.349 e. The lowest BCUT2D eigenvalue weighted by Gasteiger charge is -2.13. The second-order valence-corrected chi connectivity index (χ2v) is 3.74. The maximum Gasteiger partial charge on any atom is 0.289 e. The van der Waals surface area contributed by atoms with Crippen molar-refractivity contribution in [1.29, 1.82) is 0 Å². The Morgan fingerprint density at radius 3 is 2.94 bits per heavy atom. The molecule has 0 fully saturated rings. The summed E-state index contributed by atoms with van der Waals surface area (Å²) < 4.78 is 0. The molecule has 1 atom stereocenters. The van der Waals surface area contributed by atoms with Crippen molar-refractivity contribution in [3.63, 3.8) is 0 Å². The molecule has 6 heteroatoms. The van der Waals surface area contributed by atoms with Gasteiger partial charge < -0.3 is 15.6 Å². The largest absolute Gasteiger partial charge is 0.349 e. The van der Waals surface area contributed by atoms with Gasteiger partial charge in [0, 0.05) is 30.9 Å². The summed E-state index contributed by atoms with van der Waals surface area (Å²) in [5.74, 6) is -1.19. The first-order valence-corrected chi connectivity index (χ1v) is 5.69. The zero-order valence-corrected chi connectivity index (χ0v) is 10.2. The van der Waals surface area contributed by atoms with Crippen LogP contribution in [0.4, 0.5) is 0 Å². The van der Waals surface area contributed by atoms with Gasteiger partial charge in [-0.1, -0.05) is 13.3 Å². The van der Waals surface area contributed by atoms with Crippen molar-refractivity contribution in [2.45, 2.75) is 25.8 Å². The molecule has 0 aliphatic rings. The highest BCUT2D eigenvalue weighted by Crippen LogP contribution is 1.99. The van der Waals surface area contributed by atoms with E-state index >= 15 is 0 Å². The third kappa shape index (κ3) is 3.94. The van der Waals surface area contributed by atoms with Crippen molar-refractivity contribution in [2.75, 3.05) is 6.54 Å². The Morgan fingerprint density at radius 1 is 1.61 bits per heavy atom. The maximum atomic E-state index is 11.9. The topological polar surface area (TPSA) is 86.9 Å². The molecule has 1 aromatic rings. The van der Waals surface area contributed by atoms with Crippen LogP contribution in [0, 0.1) is 12.5 Å². The van der Waals surface area contributed by atoms with E-state index in [1.54, 1.807) is 6.20 Å². The number of aromatic nitrogens is 2. The van der Waals surface area contributed by atoms with E-state index in [9.17, 15) is 9.59 Å². The number of carbonyl (C=O) groups is 2. The van der Waals surface area contributed by atoms with Crippen molar-refractivity contribution in [2.24, 2.45) is 0 Å². The molecule has 0 spiro atoms. The van der Waals surface area contributed by atoms with Gasteiger partial charge in [-0.2, -0.15) is 0 Å². The summed E-state index contributed by atoms with van der Waals surface area (Å²) in [6.07, 6.45) is 9.28. The molecule has 0 bridgehead atoms. The fourth-order valence-corrected chi connectivity index (χ4v) is 1.41. The first-order chi connectivity index (χ1) is 8.69. The molecular formula is C12H16N4O2. The Balaban J connectivity index is 2.63. The molecule has 0 radical (unpaired) electrons. The number of carbonyl (C=O) groups excluding carboxylic acids is 2. The Labute approximate surface area is 106 Å². The second-order valence-electron chi connectivity index (χ2n) is 3.74. The highest BCUT2D eigenvalue weighted by molar-refractivity contribution is 6.38. The van der Waals surface area contributed by atoms with E-state index in [4.69, 9.17) is 6.42 Å². The molecule has 3 N–H and O–H groups in total. The van der Waals surface area contributed by atoms with E-state index in [0.717, 1.165) is 12.1 Å². The fourth-order valence-electron chi connectivity index (χ4n) is 1.41. The first-order valence-electron chi connectivity index (χ1n) is 5.69. The second kappa shape index (κ2) is 7.12. The molecule has 0 aromatic carbocycles. The molecule has 1 aromatic heterocycles. The molecule has 1 amide bonds. The Bertz CT molecular complexity index is 433. The lowest BCUT2D eigenvalue weighted by atomic mass is 10.1. The SMILES string of the molecule is C#CNC(Cc1cnc[nH]1)C(=O)C(=O)NCCC. The zero-order valence-electron chi connectivity index (χ0n) is 10.2. The van der Waals surface area contributed by atoms with Crippen LogP contribution in [0.15, 0.2) is 12.5 Å². The number of imidazole rings is 1. The molecule has 0 aliphatic heterocycles. The van der Waals surface area contributed by atoms with Crippen LogP contribution in [0.3, 0.4) is 0 Å². The predicted molar refractivity (Wildman–Crippen MR) is 66.4 cm³/mol. The third-order valence-corrected chi connectivity index (χ3v) is 2.31. The molecule has 0 saturated carbocycles. The van der Waals surface area contributed by atoms with Crippen LogP contribution in [-0.4, -0.2) is 34.2 Å². The molecule has 18 heavy (non-hydrogen) atoms. The number of hydrogen-bond acceptors (Lipinski definition) is 4. The van der Waals surface area contributed by atoms with E-state index in [1.807, 2.05) is 6.92 Å². The summed E-state index contributed by atoms with van der Waals surface area (Å²) in [5.41, 5.74) is 0.736. The molecule has 96 valence electrons. The minimum absolute atomic E-state index is 0.294. The van der Waals surface area contributed by atoms with E-state index in [1.165, 1.54) is 6.33 Å². The normalized spacial score (nSPS) is 11.3. The van der Waals surface area contributed by atoms with Gasteiger partial charge >= 0.3 is 0 Å². The van der Waals surface area contributed by atoms with Crippen LogP contribution in [0.1, 0.15) is 19.0 Å². The Morgan fingerprint density at radius 2 is 2.39 bits per heavy atom. The molecule has 1 unspecified atom stereocenters. The Hall–Kier alpha value is -2.29. The van der Waals surface area contributed by atoms with Crippen LogP contribution < -0.4 is 10.6 Å². The number of terminal acetylenes is 1. The lowest BCUT2D eigenvalue weighted by Crippen LogP contribution is -2.45. The van der Waals surface area contributed by atoms with E-state index in [-0.39, 0.29) is 0 Å². The number of Topliss-reactive ketones (excluding diaryl/α,β-unsaturated/α-hetero) is 1. The van der Waals surface area contributed by atoms with Gasteiger partial charge in [0.15, 0.2) is 0 Å². The number of amides is 1. The van der Waals surface area contributed by atoms with E-state index in [0.29, 0.717) is 13.0 Å². The number of nitrogens with zero attached hydrogens (tertiary/aromatic N) is 1. The van der Waals surface area contributed by atoms with Crippen LogP contribution in [0.2, 0.25) is 0 Å².